The van der Waals surface area contributed by atoms with E-state index in [0.29, 0.717) is 19.4 Å². The topological polar surface area (TPSA) is 84.2 Å². The van der Waals surface area contributed by atoms with Crippen molar-refractivity contribution in [2.24, 2.45) is 0 Å². The molecule has 26 heavy (non-hydrogen) atoms. The zero-order valence-electron chi connectivity index (χ0n) is 14.1. The first-order chi connectivity index (χ1) is 12.3. The van der Waals surface area contributed by atoms with E-state index in [1.54, 1.807) is 12.1 Å². The molecule has 2 aromatic rings. The summed E-state index contributed by atoms with van der Waals surface area (Å²) in [6.07, 6.45) is -1.85. The van der Waals surface area contributed by atoms with Crippen molar-refractivity contribution in [2.45, 2.75) is 44.8 Å². The fourth-order valence-electron chi connectivity index (χ4n) is 2.63. The van der Waals surface area contributed by atoms with Gasteiger partial charge < -0.3 is 15.0 Å². The lowest BCUT2D eigenvalue weighted by Crippen LogP contribution is -2.30. The van der Waals surface area contributed by atoms with Crippen molar-refractivity contribution < 1.29 is 27.9 Å². The minimum Gasteiger partial charge on any atom is -0.481 e. The number of carboxylic acids is 1. The molecule has 0 saturated carbocycles. The second kappa shape index (κ2) is 8.68. The third kappa shape index (κ3) is 5.47. The van der Waals surface area contributed by atoms with E-state index in [-0.39, 0.29) is 17.5 Å². The molecule has 1 amide bonds. The number of imidazole rings is 1. The number of halogens is 3. The van der Waals surface area contributed by atoms with Gasteiger partial charge in [0.2, 0.25) is 11.7 Å². The number of carbonyl (C=O) groups is 2. The maximum absolute atomic E-state index is 13.2. The lowest BCUT2D eigenvalue weighted by atomic mass is 10.1. The van der Waals surface area contributed by atoms with Crippen LogP contribution >= 0.6 is 0 Å². The molecule has 0 saturated heterocycles. The summed E-state index contributed by atoms with van der Waals surface area (Å²) in [5.41, 5.74) is 0.440. The van der Waals surface area contributed by atoms with Gasteiger partial charge in [0.25, 0.3) is 0 Å². The van der Waals surface area contributed by atoms with Gasteiger partial charge >= 0.3 is 12.1 Å². The molecule has 6 nitrogen and oxygen atoms in total. The number of nitrogens with one attached hydrogen (secondary N) is 1. The van der Waals surface area contributed by atoms with Gasteiger partial charge in [-0.15, -0.1) is 0 Å². The van der Waals surface area contributed by atoms with Crippen molar-refractivity contribution in [3.8, 4) is 0 Å². The third-order valence-corrected chi connectivity index (χ3v) is 3.85. The number of amides is 1. The molecule has 0 radical (unpaired) electrons. The number of benzene rings is 1. The molecule has 1 aromatic carbocycles. The molecular weight excluding hydrogens is 351 g/mol. The summed E-state index contributed by atoms with van der Waals surface area (Å²) in [5, 5.41) is 11.1. The fourth-order valence-corrected chi connectivity index (χ4v) is 2.63. The van der Waals surface area contributed by atoms with Gasteiger partial charge in [0, 0.05) is 13.0 Å². The van der Waals surface area contributed by atoms with E-state index in [0.717, 1.165) is 17.4 Å². The highest BCUT2D eigenvalue weighted by atomic mass is 19.4. The first kappa shape index (κ1) is 19.7. The van der Waals surface area contributed by atoms with Crippen molar-refractivity contribution in [3.63, 3.8) is 0 Å². The molecule has 0 unspecified atom stereocenters. The second-order valence-corrected chi connectivity index (χ2v) is 5.92. The van der Waals surface area contributed by atoms with E-state index in [2.05, 4.69) is 10.3 Å². The summed E-state index contributed by atoms with van der Waals surface area (Å²) in [7, 11) is 0. The van der Waals surface area contributed by atoms with Crippen LogP contribution in [0.2, 0.25) is 0 Å². The first-order valence-electron chi connectivity index (χ1n) is 8.30. The minimum absolute atomic E-state index is 0.111. The van der Waals surface area contributed by atoms with Gasteiger partial charge in [-0.1, -0.05) is 25.0 Å². The van der Waals surface area contributed by atoms with Gasteiger partial charge in [-0.25, -0.2) is 4.98 Å². The Bertz CT molecular complexity index is 771. The Morgan fingerprint density at radius 3 is 2.50 bits per heavy atom. The lowest BCUT2D eigenvalue weighted by molar-refractivity contribution is -0.147. The van der Waals surface area contributed by atoms with Gasteiger partial charge in [0.1, 0.15) is 6.54 Å². The van der Waals surface area contributed by atoms with Crippen LogP contribution in [0.3, 0.4) is 0 Å². The number of rotatable bonds is 9. The molecule has 0 bridgehead atoms. The zero-order valence-corrected chi connectivity index (χ0v) is 14.1. The predicted octanol–water partition coefficient (Wildman–Crippen LogP) is 3.21. The zero-order chi connectivity index (χ0) is 19.2. The number of unbranched alkanes of at least 4 members (excludes halogenated alkanes) is 3. The van der Waals surface area contributed by atoms with Crippen LogP contribution < -0.4 is 5.32 Å². The van der Waals surface area contributed by atoms with Crippen molar-refractivity contribution in [3.05, 3.63) is 30.1 Å². The molecule has 9 heteroatoms. The fraction of sp³-hybridized carbons (Fsp3) is 0.471. The summed E-state index contributed by atoms with van der Waals surface area (Å²) in [5.74, 6) is -2.46. The molecule has 0 spiro atoms. The largest absolute Gasteiger partial charge is 0.481 e. The molecule has 2 rings (SSSR count). The number of alkyl halides is 3. The number of para-hydroxylation sites is 2. The van der Waals surface area contributed by atoms with E-state index in [1.165, 1.54) is 12.1 Å². The number of aliphatic carboxylic acids is 1. The van der Waals surface area contributed by atoms with Gasteiger partial charge in [0.05, 0.1) is 11.0 Å². The molecule has 0 fully saturated rings. The van der Waals surface area contributed by atoms with Crippen LogP contribution in [0.4, 0.5) is 13.2 Å². The number of fused-ring (bicyclic) bond motifs is 1. The van der Waals surface area contributed by atoms with Crippen LogP contribution in [0.5, 0.6) is 0 Å². The Kier molecular flexibility index (Phi) is 6.59. The average molecular weight is 371 g/mol. The monoisotopic (exact) mass is 371 g/mol. The Morgan fingerprint density at radius 2 is 1.81 bits per heavy atom. The van der Waals surface area contributed by atoms with Crippen molar-refractivity contribution in [2.75, 3.05) is 6.54 Å². The molecular formula is C17H20F3N3O3. The molecule has 0 aliphatic carbocycles. The van der Waals surface area contributed by atoms with Gasteiger partial charge in [-0.3, -0.25) is 9.59 Å². The Morgan fingerprint density at radius 1 is 1.12 bits per heavy atom. The number of carbonyl (C=O) groups excluding carboxylic acids is 1. The van der Waals surface area contributed by atoms with E-state index in [9.17, 15) is 22.8 Å². The Hall–Kier alpha value is -2.58. The highest BCUT2D eigenvalue weighted by molar-refractivity contribution is 5.81. The molecule has 1 heterocycles. The highest BCUT2D eigenvalue weighted by Gasteiger charge is 2.37. The predicted molar refractivity (Wildman–Crippen MR) is 88.5 cm³/mol. The lowest BCUT2D eigenvalue weighted by Gasteiger charge is -2.11. The summed E-state index contributed by atoms with van der Waals surface area (Å²) in [6, 6.07) is 6.14. The SMILES string of the molecule is O=C(O)CCCCCCNC(=O)Cn1c(C(F)(F)F)nc2ccccc21. The summed E-state index contributed by atoms with van der Waals surface area (Å²) in [4.78, 5) is 26.0. The maximum atomic E-state index is 13.2. The van der Waals surface area contributed by atoms with Gasteiger partial charge in [-0.2, -0.15) is 13.2 Å². The first-order valence-corrected chi connectivity index (χ1v) is 8.30. The average Bonchev–Trinajstić information content (AvgIpc) is 2.93. The van der Waals surface area contributed by atoms with Crippen molar-refractivity contribution in [1.82, 2.24) is 14.9 Å². The molecule has 0 atom stereocenters. The highest BCUT2D eigenvalue weighted by Crippen LogP contribution is 2.31. The van der Waals surface area contributed by atoms with Crippen LogP contribution in [-0.2, 0) is 22.3 Å². The van der Waals surface area contributed by atoms with Crippen LogP contribution in [0, 0.1) is 0 Å². The summed E-state index contributed by atoms with van der Waals surface area (Å²) >= 11 is 0. The van der Waals surface area contributed by atoms with E-state index in [4.69, 9.17) is 5.11 Å². The third-order valence-electron chi connectivity index (χ3n) is 3.85. The van der Waals surface area contributed by atoms with Crippen molar-refractivity contribution in [1.29, 1.82) is 0 Å². The van der Waals surface area contributed by atoms with E-state index >= 15 is 0 Å². The molecule has 0 aliphatic rings. The smallest absolute Gasteiger partial charge is 0.449 e. The van der Waals surface area contributed by atoms with E-state index < -0.39 is 30.4 Å². The number of hydrogen-bond acceptors (Lipinski definition) is 3. The number of nitrogens with zero attached hydrogens (tertiary/aromatic N) is 2. The van der Waals surface area contributed by atoms with E-state index in [1.807, 2.05) is 0 Å². The van der Waals surface area contributed by atoms with Crippen molar-refractivity contribution >= 4 is 22.9 Å². The number of hydrogen-bond donors (Lipinski definition) is 2. The van der Waals surface area contributed by atoms with Gasteiger partial charge in [0.15, 0.2) is 0 Å². The van der Waals surface area contributed by atoms with Gasteiger partial charge in [-0.05, 0) is 25.0 Å². The van der Waals surface area contributed by atoms with Crippen LogP contribution in [0.25, 0.3) is 11.0 Å². The molecule has 1 aromatic heterocycles. The minimum atomic E-state index is -4.65. The second-order valence-electron chi connectivity index (χ2n) is 5.92. The standard InChI is InChI=1S/C17H20F3N3O3/c18-17(19,20)16-22-12-7-4-5-8-13(12)23(16)11-14(24)21-10-6-2-1-3-9-15(25)26/h4-5,7-8H,1-3,6,9-11H2,(H,21,24)(H,25,26). The quantitative estimate of drug-likeness (QED) is 0.663. The summed E-state index contributed by atoms with van der Waals surface area (Å²) in [6.45, 7) is -0.131. The molecule has 0 aliphatic heterocycles. The Labute approximate surface area is 148 Å². The number of carboxylic acid groups (broad SMARTS) is 1. The molecule has 2 N–H and O–H groups in total. The Balaban J connectivity index is 1.90. The van der Waals surface area contributed by atoms with Crippen LogP contribution in [-0.4, -0.2) is 33.1 Å². The summed E-state index contributed by atoms with van der Waals surface area (Å²) < 4.78 is 40.4. The number of aromatic nitrogens is 2. The maximum Gasteiger partial charge on any atom is 0.449 e. The van der Waals surface area contributed by atoms with Crippen LogP contribution in [0.15, 0.2) is 24.3 Å². The van der Waals surface area contributed by atoms with Crippen LogP contribution in [0.1, 0.15) is 37.9 Å². The normalized spacial score (nSPS) is 11.7. The molecule has 142 valence electrons.